The fourth-order valence-corrected chi connectivity index (χ4v) is 2.53. The van der Waals surface area contributed by atoms with Crippen molar-refractivity contribution >= 4 is 22.4 Å². The fourth-order valence-electron chi connectivity index (χ4n) is 1.19. The minimum absolute atomic E-state index is 0.0938. The number of nitrogens with two attached hydrogens (primary N) is 2. The van der Waals surface area contributed by atoms with Crippen molar-refractivity contribution < 1.29 is 17.8 Å². The minimum Gasteiger partial charge on any atom is -0.399 e. The van der Waals surface area contributed by atoms with Crippen LogP contribution in [-0.2, 0) is 15.6 Å². The van der Waals surface area contributed by atoms with Gasteiger partial charge in [0.15, 0.2) is 0 Å². The van der Waals surface area contributed by atoms with Gasteiger partial charge in [-0.05, 0) is 12.1 Å². The molecule has 0 bridgehead atoms. The van der Waals surface area contributed by atoms with Gasteiger partial charge in [-0.3, -0.25) is 9.00 Å². The van der Waals surface area contributed by atoms with Crippen molar-refractivity contribution in [3.63, 3.8) is 0 Å². The Labute approximate surface area is 99.4 Å². The molecule has 0 aromatic heterocycles. The lowest BCUT2D eigenvalue weighted by molar-refractivity contribution is -0.120. The van der Waals surface area contributed by atoms with Crippen LogP contribution in [-0.4, -0.2) is 15.9 Å². The maximum atomic E-state index is 13.4. The second-order valence-electron chi connectivity index (χ2n) is 3.63. The van der Waals surface area contributed by atoms with Crippen LogP contribution in [0, 0.1) is 17.6 Å². The van der Waals surface area contributed by atoms with E-state index in [1.165, 1.54) is 6.92 Å². The molecular formula is C10H12F2N2O2S. The van der Waals surface area contributed by atoms with Gasteiger partial charge >= 0.3 is 0 Å². The Hall–Kier alpha value is -1.50. The van der Waals surface area contributed by atoms with Gasteiger partial charge in [-0.2, -0.15) is 0 Å². The first kappa shape index (κ1) is 13.6. The molecule has 0 spiro atoms. The maximum absolute atomic E-state index is 13.4. The normalized spacial score (nSPS) is 14.3. The first-order chi connectivity index (χ1) is 7.82. The SMILES string of the molecule is CC(CS(=O)c1c(F)cc(N)cc1F)C(N)=O. The van der Waals surface area contributed by atoms with E-state index in [4.69, 9.17) is 11.5 Å². The summed E-state index contributed by atoms with van der Waals surface area (Å²) in [6.07, 6.45) is 0. The van der Waals surface area contributed by atoms with Gasteiger partial charge in [0.1, 0.15) is 16.5 Å². The molecule has 1 aromatic carbocycles. The Morgan fingerprint density at radius 2 is 1.88 bits per heavy atom. The van der Waals surface area contributed by atoms with Gasteiger partial charge in [-0.25, -0.2) is 8.78 Å². The number of halogens is 2. The molecule has 1 amide bonds. The third-order valence-corrected chi connectivity index (χ3v) is 3.78. The third-order valence-electron chi connectivity index (χ3n) is 2.14. The Morgan fingerprint density at radius 1 is 1.41 bits per heavy atom. The number of amides is 1. The van der Waals surface area contributed by atoms with E-state index in [9.17, 15) is 17.8 Å². The average molecular weight is 262 g/mol. The zero-order valence-electron chi connectivity index (χ0n) is 9.07. The highest BCUT2D eigenvalue weighted by atomic mass is 32.2. The summed E-state index contributed by atoms with van der Waals surface area (Å²) in [5.74, 6) is -3.61. The van der Waals surface area contributed by atoms with Gasteiger partial charge in [0.25, 0.3) is 0 Å². The molecule has 7 heteroatoms. The van der Waals surface area contributed by atoms with Crippen molar-refractivity contribution in [1.29, 1.82) is 0 Å². The molecule has 0 aliphatic carbocycles. The number of nitrogen functional groups attached to an aromatic ring is 1. The van der Waals surface area contributed by atoms with Crippen LogP contribution in [0.4, 0.5) is 14.5 Å². The van der Waals surface area contributed by atoms with Gasteiger partial charge in [0.05, 0.1) is 10.8 Å². The summed E-state index contributed by atoms with van der Waals surface area (Å²) in [4.78, 5) is 10.2. The molecule has 2 atom stereocenters. The summed E-state index contributed by atoms with van der Waals surface area (Å²) in [7, 11) is -1.97. The van der Waals surface area contributed by atoms with Crippen molar-refractivity contribution in [3.05, 3.63) is 23.8 Å². The van der Waals surface area contributed by atoms with E-state index in [0.29, 0.717) is 0 Å². The zero-order valence-corrected chi connectivity index (χ0v) is 9.89. The van der Waals surface area contributed by atoms with E-state index < -0.39 is 39.2 Å². The summed E-state index contributed by atoms with van der Waals surface area (Å²) >= 11 is 0. The Bertz CT molecular complexity index is 456. The number of carbonyl (C=O) groups excluding carboxylic acids is 1. The Balaban J connectivity index is 3.01. The smallest absolute Gasteiger partial charge is 0.221 e. The third kappa shape index (κ3) is 3.23. The molecule has 0 fully saturated rings. The van der Waals surface area contributed by atoms with Gasteiger partial charge in [0, 0.05) is 17.4 Å². The van der Waals surface area contributed by atoms with E-state index in [1.807, 2.05) is 0 Å². The summed E-state index contributed by atoms with van der Waals surface area (Å²) in [6.45, 7) is 1.44. The van der Waals surface area contributed by atoms with Crippen LogP contribution in [0.15, 0.2) is 17.0 Å². The predicted molar refractivity (Wildman–Crippen MR) is 60.4 cm³/mol. The van der Waals surface area contributed by atoms with Gasteiger partial charge in [0.2, 0.25) is 5.91 Å². The molecule has 0 radical (unpaired) electrons. The number of rotatable bonds is 4. The van der Waals surface area contributed by atoms with Crippen LogP contribution in [0.3, 0.4) is 0 Å². The second-order valence-corrected chi connectivity index (χ2v) is 5.06. The number of primary amides is 1. The molecule has 2 unspecified atom stereocenters. The predicted octanol–water partition coefficient (Wildman–Crippen LogP) is 0.776. The van der Waals surface area contributed by atoms with Crippen molar-refractivity contribution in [3.8, 4) is 0 Å². The lowest BCUT2D eigenvalue weighted by Crippen LogP contribution is -2.25. The Kier molecular flexibility index (Phi) is 4.17. The molecule has 4 nitrogen and oxygen atoms in total. The topological polar surface area (TPSA) is 86.2 Å². The number of benzene rings is 1. The molecule has 0 aliphatic heterocycles. The largest absolute Gasteiger partial charge is 0.399 e. The number of carbonyl (C=O) groups is 1. The highest BCUT2D eigenvalue weighted by Crippen LogP contribution is 2.21. The lowest BCUT2D eigenvalue weighted by atomic mass is 10.2. The summed E-state index contributed by atoms with van der Waals surface area (Å²) < 4.78 is 38.5. The molecule has 0 saturated carbocycles. The van der Waals surface area contributed by atoms with Gasteiger partial charge in [-0.1, -0.05) is 6.92 Å². The van der Waals surface area contributed by atoms with Crippen LogP contribution in [0.25, 0.3) is 0 Å². The molecule has 1 aromatic rings. The monoisotopic (exact) mass is 262 g/mol. The van der Waals surface area contributed by atoms with Crippen LogP contribution < -0.4 is 11.5 Å². The van der Waals surface area contributed by atoms with Crippen molar-refractivity contribution in [2.45, 2.75) is 11.8 Å². The first-order valence-corrected chi connectivity index (χ1v) is 6.07. The summed E-state index contributed by atoms with van der Waals surface area (Å²) in [5.41, 5.74) is 10.1. The maximum Gasteiger partial charge on any atom is 0.221 e. The van der Waals surface area contributed by atoms with Gasteiger partial charge in [-0.15, -0.1) is 0 Å². The molecule has 17 heavy (non-hydrogen) atoms. The molecule has 0 saturated heterocycles. The molecular weight excluding hydrogens is 250 g/mol. The second kappa shape index (κ2) is 5.22. The minimum atomic E-state index is -1.97. The highest BCUT2D eigenvalue weighted by Gasteiger charge is 2.21. The summed E-state index contributed by atoms with van der Waals surface area (Å²) in [6, 6.07) is 1.76. The van der Waals surface area contributed by atoms with Crippen LogP contribution >= 0.6 is 0 Å². The van der Waals surface area contributed by atoms with E-state index in [1.54, 1.807) is 0 Å². The number of anilines is 1. The fraction of sp³-hybridized carbons (Fsp3) is 0.300. The molecule has 94 valence electrons. The quantitative estimate of drug-likeness (QED) is 0.786. The van der Waals surface area contributed by atoms with E-state index >= 15 is 0 Å². The van der Waals surface area contributed by atoms with E-state index in [0.717, 1.165) is 12.1 Å². The standard InChI is InChI=1S/C10H12F2N2O2S/c1-5(10(14)15)4-17(16)9-7(11)2-6(13)3-8(9)12/h2-3,5H,4,13H2,1H3,(H2,14,15). The van der Waals surface area contributed by atoms with Crippen molar-refractivity contribution in [1.82, 2.24) is 0 Å². The molecule has 0 aliphatic rings. The first-order valence-electron chi connectivity index (χ1n) is 4.75. The van der Waals surface area contributed by atoms with Crippen molar-refractivity contribution in [2.24, 2.45) is 11.7 Å². The van der Waals surface area contributed by atoms with Crippen molar-refractivity contribution in [2.75, 3.05) is 11.5 Å². The van der Waals surface area contributed by atoms with Crippen LogP contribution in [0.2, 0.25) is 0 Å². The average Bonchev–Trinajstić information content (AvgIpc) is 2.15. The van der Waals surface area contributed by atoms with E-state index in [2.05, 4.69) is 0 Å². The molecule has 1 rings (SSSR count). The highest BCUT2D eigenvalue weighted by molar-refractivity contribution is 7.85. The number of hydrogen-bond donors (Lipinski definition) is 2. The van der Waals surface area contributed by atoms with Gasteiger partial charge < -0.3 is 11.5 Å². The lowest BCUT2D eigenvalue weighted by Gasteiger charge is -2.09. The van der Waals surface area contributed by atoms with Crippen LogP contribution in [0.5, 0.6) is 0 Å². The van der Waals surface area contributed by atoms with Crippen LogP contribution in [0.1, 0.15) is 6.92 Å². The number of hydrogen-bond acceptors (Lipinski definition) is 3. The zero-order chi connectivity index (χ0) is 13.2. The summed E-state index contributed by atoms with van der Waals surface area (Å²) in [5, 5.41) is 0. The molecule has 4 N–H and O–H groups in total. The van der Waals surface area contributed by atoms with E-state index in [-0.39, 0.29) is 11.4 Å². The molecule has 0 heterocycles. The Morgan fingerprint density at radius 3 is 2.29 bits per heavy atom.